The second-order valence-corrected chi connectivity index (χ2v) is 6.92. The average molecular weight is 321 g/mol. The van der Waals surface area contributed by atoms with E-state index in [1.54, 1.807) is 7.11 Å². The van der Waals surface area contributed by atoms with Crippen molar-refractivity contribution >= 4 is 11.3 Å². The van der Waals surface area contributed by atoms with Gasteiger partial charge in [-0.25, -0.2) is 0 Å². The van der Waals surface area contributed by atoms with E-state index in [1.807, 2.05) is 16.0 Å². The summed E-state index contributed by atoms with van der Waals surface area (Å²) in [5, 5.41) is 8.16. The maximum absolute atomic E-state index is 5.90. The number of rotatable bonds is 7. The standard InChI is InChI=1S/C16H23N3O2S/c1-12-3-4-14(22-12)9-17-10-15-16-13(5-7-21-15)11-19(18-16)6-8-20-2/h3-4,11,15,17H,5-10H2,1-2H3/t15-/m1/s1. The Kier molecular flexibility index (Phi) is 5.25. The number of nitrogens with zero attached hydrogens (tertiary/aromatic N) is 2. The van der Waals surface area contributed by atoms with E-state index in [2.05, 4.69) is 35.7 Å². The molecule has 5 nitrogen and oxygen atoms in total. The number of hydrogen-bond donors (Lipinski definition) is 1. The molecule has 0 unspecified atom stereocenters. The van der Waals surface area contributed by atoms with Crippen LogP contribution in [0.15, 0.2) is 18.3 Å². The Morgan fingerprint density at radius 1 is 1.50 bits per heavy atom. The van der Waals surface area contributed by atoms with Crippen molar-refractivity contribution in [1.82, 2.24) is 15.1 Å². The third-order valence-corrected chi connectivity index (χ3v) is 4.82. The fourth-order valence-electron chi connectivity index (χ4n) is 2.69. The molecular formula is C16H23N3O2S. The van der Waals surface area contributed by atoms with Crippen molar-refractivity contribution in [3.63, 3.8) is 0 Å². The minimum atomic E-state index is 0.0496. The molecule has 2 aromatic heterocycles. The number of methoxy groups -OCH3 is 1. The summed E-state index contributed by atoms with van der Waals surface area (Å²) < 4.78 is 13.0. The van der Waals surface area contributed by atoms with Crippen LogP contribution in [0.1, 0.15) is 27.1 Å². The number of fused-ring (bicyclic) bond motifs is 1. The molecule has 1 aliphatic rings. The molecule has 0 bridgehead atoms. The van der Waals surface area contributed by atoms with Crippen LogP contribution < -0.4 is 5.32 Å². The van der Waals surface area contributed by atoms with E-state index in [0.717, 1.165) is 38.4 Å². The van der Waals surface area contributed by atoms with Gasteiger partial charge in [0.1, 0.15) is 6.10 Å². The van der Waals surface area contributed by atoms with Gasteiger partial charge in [0.2, 0.25) is 0 Å². The van der Waals surface area contributed by atoms with E-state index in [4.69, 9.17) is 9.47 Å². The predicted octanol–water partition coefficient (Wildman–Crippen LogP) is 2.30. The van der Waals surface area contributed by atoms with E-state index < -0.39 is 0 Å². The third-order valence-electron chi connectivity index (χ3n) is 3.81. The molecule has 3 rings (SSSR count). The molecule has 120 valence electrons. The smallest absolute Gasteiger partial charge is 0.114 e. The lowest BCUT2D eigenvalue weighted by molar-refractivity contribution is 0.0392. The number of ether oxygens (including phenoxy) is 2. The molecule has 0 aliphatic carbocycles. The molecule has 0 amide bonds. The zero-order chi connectivity index (χ0) is 15.4. The Labute approximate surface area is 135 Å². The van der Waals surface area contributed by atoms with Crippen LogP contribution in [0, 0.1) is 6.92 Å². The van der Waals surface area contributed by atoms with Crippen LogP contribution in [-0.2, 0) is 29.0 Å². The summed E-state index contributed by atoms with van der Waals surface area (Å²) in [5.41, 5.74) is 2.39. The lowest BCUT2D eigenvalue weighted by Gasteiger charge is -2.22. The maximum Gasteiger partial charge on any atom is 0.114 e. The molecule has 1 N–H and O–H groups in total. The summed E-state index contributed by atoms with van der Waals surface area (Å²) in [6.07, 6.45) is 3.13. The Morgan fingerprint density at radius 2 is 2.41 bits per heavy atom. The van der Waals surface area contributed by atoms with E-state index in [-0.39, 0.29) is 6.10 Å². The van der Waals surface area contributed by atoms with Gasteiger partial charge in [0.15, 0.2) is 0 Å². The molecular weight excluding hydrogens is 298 g/mol. The van der Waals surface area contributed by atoms with E-state index in [9.17, 15) is 0 Å². The van der Waals surface area contributed by atoms with Gasteiger partial charge < -0.3 is 14.8 Å². The highest BCUT2D eigenvalue weighted by Crippen LogP contribution is 2.25. The van der Waals surface area contributed by atoms with Gasteiger partial charge in [0, 0.05) is 36.2 Å². The molecule has 22 heavy (non-hydrogen) atoms. The Balaban J connectivity index is 1.57. The molecule has 3 heterocycles. The normalized spacial score (nSPS) is 17.6. The average Bonchev–Trinajstić information content (AvgIpc) is 3.11. The van der Waals surface area contributed by atoms with Crippen molar-refractivity contribution in [2.45, 2.75) is 32.5 Å². The molecule has 0 fully saturated rings. The molecule has 1 atom stereocenters. The monoisotopic (exact) mass is 321 g/mol. The van der Waals surface area contributed by atoms with Gasteiger partial charge in [-0.2, -0.15) is 5.10 Å². The number of aryl methyl sites for hydroxylation is 1. The lowest BCUT2D eigenvalue weighted by Crippen LogP contribution is -2.27. The number of hydrogen-bond acceptors (Lipinski definition) is 5. The quantitative estimate of drug-likeness (QED) is 0.850. The van der Waals surface area contributed by atoms with Crippen LogP contribution >= 0.6 is 11.3 Å². The number of aromatic nitrogens is 2. The molecule has 0 spiro atoms. The first-order valence-corrected chi connectivity index (χ1v) is 8.50. The van der Waals surface area contributed by atoms with Crippen molar-refractivity contribution in [1.29, 1.82) is 0 Å². The highest BCUT2D eigenvalue weighted by Gasteiger charge is 2.24. The van der Waals surface area contributed by atoms with Gasteiger partial charge >= 0.3 is 0 Å². The van der Waals surface area contributed by atoms with E-state index in [1.165, 1.54) is 15.3 Å². The van der Waals surface area contributed by atoms with Crippen LogP contribution in [0.5, 0.6) is 0 Å². The second kappa shape index (κ2) is 7.37. The third kappa shape index (κ3) is 3.76. The second-order valence-electron chi connectivity index (χ2n) is 5.55. The summed E-state index contributed by atoms with van der Waals surface area (Å²) in [6, 6.07) is 4.34. The summed E-state index contributed by atoms with van der Waals surface area (Å²) in [4.78, 5) is 2.71. The zero-order valence-corrected chi connectivity index (χ0v) is 14.0. The fraction of sp³-hybridized carbons (Fsp3) is 0.562. The van der Waals surface area contributed by atoms with Gasteiger partial charge in [0.05, 0.1) is 25.5 Å². The van der Waals surface area contributed by atoms with Crippen molar-refractivity contribution in [2.24, 2.45) is 0 Å². The topological polar surface area (TPSA) is 48.3 Å². The van der Waals surface area contributed by atoms with Crippen LogP contribution in [0.3, 0.4) is 0 Å². The SMILES string of the molecule is COCCn1cc2c(n1)[C@@H](CNCc1ccc(C)s1)OCC2. The summed E-state index contributed by atoms with van der Waals surface area (Å²) >= 11 is 1.84. The van der Waals surface area contributed by atoms with Crippen molar-refractivity contribution in [3.05, 3.63) is 39.3 Å². The van der Waals surface area contributed by atoms with Gasteiger partial charge in [0.25, 0.3) is 0 Å². The largest absolute Gasteiger partial charge is 0.383 e. The minimum absolute atomic E-state index is 0.0496. The van der Waals surface area contributed by atoms with Crippen LogP contribution in [0.4, 0.5) is 0 Å². The van der Waals surface area contributed by atoms with Crippen LogP contribution in [0.25, 0.3) is 0 Å². The summed E-state index contributed by atoms with van der Waals surface area (Å²) in [5.74, 6) is 0. The van der Waals surface area contributed by atoms with Gasteiger partial charge in [-0.15, -0.1) is 11.3 Å². The molecule has 0 saturated heterocycles. The first-order chi connectivity index (χ1) is 10.8. The lowest BCUT2D eigenvalue weighted by atomic mass is 10.1. The predicted molar refractivity (Wildman–Crippen MR) is 87.3 cm³/mol. The van der Waals surface area contributed by atoms with Crippen molar-refractivity contribution < 1.29 is 9.47 Å². The maximum atomic E-state index is 5.90. The Morgan fingerprint density at radius 3 is 3.18 bits per heavy atom. The van der Waals surface area contributed by atoms with Crippen LogP contribution in [-0.4, -0.2) is 36.6 Å². The van der Waals surface area contributed by atoms with E-state index in [0.29, 0.717) is 6.61 Å². The highest BCUT2D eigenvalue weighted by atomic mass is 32.1. The summed E-state index contributed by atoms with van der Waals surface area (Å²) in [7, 11) is 1.71. The van der Waals surface area contributed by atoms with Crippen LogP contribution in [0.2, 0.25) is 0 Å². The molecule has 2 aromatic rings. The van der Waals surface area contributed by atoms with Crippen molar-refractivity contribution in [3.8, 4) is 0 Å². The molecule has 1 aliphatic heterocycles. The number of thiophene rings is 1. The molecule has 0 radical (unpaired) electrons. The van der Waals surface area contributed by atoms with Gasteiger partial charge in [-0.1, -0.05) is 0 Å². The molecule has 6 heteroatoms. The van der Waals surface area contributed by atoms with Gasteiger partial charge in [-0.05, 0) is 31.0 Å². The Bertz CT molecular complexity index is 608. The van der Waals surface area contributed by atoms with Gasteiger partial charge in [-0.3, -0.25) is 4.68 Å². The molecule has 0 saturated carbocycles. The number of nitrogens with one attached hydrogen (secondary N) is 1. The fourth-order valence-corrected chi connectivity index (χ4v) is 3.55. The highest BCUT2D eigenvalue weighted by molar-refractivity contribution is 7.11. The first kappa shape index (κ1) is 15.7. The summed E-state index contributed by atoms with van der Waals surface area (Å²) in [6.45, 7) is 6.06. The zero-order valence-electron chi connectivity index (χ0n) is 13.2. The first-order valence-electron chi connectivity index (χ1n) is 7.69. The van der Waals surface area contributed by atoms with E-state index >= 15 is 0 Å². The minimum Gasteiger partial charge on any atom is -0.383 e. The Hall–Kier alpha value is -1.21. The molecule has 0 aromatic carbocycles. The van der Waals surface area contributed by atoms with Crippen molar-refractivity contribution in [2.75, 3.05) is 26.9 Å².